The molecule has 0 atom stereocenters. The van der Waals surface area contributed by atoms with E-state index in [2.05, 4.69) is 10.2 Å². The van der Waals surface area contributed by atoms with Gasteiger partial charge in [-0.3, -0.25) is 4.79 Å². The zero-order chi connectivity index (χ0) is 16.8. The van der Waals surface area contributed by atoms with Gasteiger partial charge in [0.1, 0.15) is 5.82 Å². The number of rotatable bonds is 4. The Morgan fingerprint density at radius 1 is 1.16 bits per heavy atom. The Labute approximate surface area is 156 Å². The van der Waals surface area contributed by atoms with Crippen molar-refractivity contribution in [3.63, 3.8) is 0 Å². The van der Waals surface area contributed by atoms with Crippen molar-refractivity contribution in [3.8, 4) is 0 Å². The highest BCUT2D eigenvalue weighted by atomic mass is 35.5. The fraction of sp³-hybridized carbons (Fsp3) is 0.632. The Morgan fingerprint density at radius 2 is 1.96 bits per heavy atom. The first-order valence-electron chi connectivity index (χ1n) is 9.16. The molecule has 0 aliphatic carbocycles. The molecule has 1 amide bonds. The molecule has 2 aliphatic rings. The molecule has 140 valence electrons. The minimum absolute atomic E-state index is 0. The van der Waals surface area contributed by atoms with Gasteiger partial charge in [-0.05, 0) is 62.5 Å². The van der Waals surface area contributed by atoms with E-state index in [0.717, 1.165) is 63.7 Å². The molecule has 0 radical (unpaired) electrons. The van der Waals surface area contributed by atoms with Crippen LogP contribution in [0.15, 0.2) is 24.3 Å². The van der Waals surface area contributed by atoms with Crippen molar-refractivity contribution in [1.29, 1.82) is 0 Å². The van der Waals surface area contributed by atoms with Crippen LogP contribution in [-0.4, -0.2) is 61.5 Å². The largest absolute Gasteiger partial charge is 0.341 e. The van der Waals surface area contributed by atoms with Crippen molar-refractivity contribution in [2.24, 2.45) is 5.92 Å². The van der Waals surface area contributed by atoms with Crippen molar-refractivity contribution < 1.29 is 9.18 Å². The maximum atomic E-state index is 13.3. The molecule has 2 fully saturated rings. The third-order valence-electron chi connectivity index (χ3n) is 5.16. The molecule has 25 heavy (non-hydrogen) atoms. The van der Waals surface area contributed by atoms with Gasteiger partial charge in [0.05, 0.1) is 6.42 Å². The number of hydrogen-bond donors (Lipinski definition) is 1. The molecule has 6 heteroatoms. The van der Waals surface area contributed by atoms with Crippen molar-refractivity contribution in [1.82, 2.24) is 15.1 Å². The molecule has 2 saturated heterocycles. The second-order valence-corrected chi connectivity index (χ2v) is 7.04. The van der Waals surface area contributed by atoms with Gasteiger partial charge >= 0.3 is 0 Å². The average Bonchev–Trinajstić information content (AvgIpc) is 2.81. The first-order valence-corrected chi connectivity index (χ1v) is 9.16. The highest BCUT2D eigenvalue weighted by Crippen LogP contribution is 2.15. The van der Waals surface area contributed by atoms with Crippen LogP contribution in [0.4, 0.5) is 4.39 Å². The smallest absolute Gasteiger partial charge is 0.227 e. The summed E-state index contributed by atoms with van der Waals surface area (Å²) in [6.45, 7) is 7.07. The van der Waals surface area contributed by atoms with Crippen LogP contribution in [0, 0.1) is 11.7 Å². The van der Waals surface area contributed by atoms with E-state index in [1.807, 2.05) is 11.0 Å². The second-order valence-electron chi connectivity index (χ2n) is 7.04. The van der Waals surface area contributed by atoms with E-state index in [4.69, 9.17) is 0 Å². The van der Waals surface area contributed by atoms with E-state index >= 15 is 0 Å². The van der Waals surface area contributed by atoms with Gasteiger partial charge in [0.15, 0.2) is 0 Å². The predicted molar refractivity (Wildman–Crippen MR) is 101 cm³/mol. The highest BCUT2D eigenvalue weighted by Gasteiger charge is 2.22. The van der Waals surface area contributed by atoms with Crippen LogP contribution in [0.2, 0.25) is 0 Å². The maximum Gasteiger partial charge on any atom is 0.227 e. The second kappa shape index (κ2) is 10.1. The maximum absolute atomic E-state index is 13.3. The standard InChI is InChI=1S/C19H28FN3O.ClH/c20-18-4-1-3-17(13-18)14-19(24)23-10-2-9-22(11-12-23)15-16-5-7-21-8-6-16;/h1,3-4,13,16,21H,2,5-12,14-15H2;1H. The number of amides is 1. The van der Waals surface area contributed by atoms with E-state index in [1.165, 1.54) is 25.0 Å². The van der Waals surface area contributed by atoms with Crippen LogP contribution in [0.1, 0.15) is 24.8 Å². The van der Waals surface area contributed by atoms with E-state index < -0.39 is 0 Å². The lowest BCUT2D eigenvalue weighted by Crippen LogP contribution is -2.39. The molecule has 3 rings (SSSR count). The lowest BCUT2D eigenvalue weighted by Gasteiger charge is -2.29. The zero-order valence-corrected chi connectivity index (χ0v) is 15.6. The Hall–Kier alpha value is -1.17. The van der Waals surface area contributed by atoms with Gasteiger partial charge in [0, 0.05) is 26.2 Å². The molecule has 1 N–H and O–H groups in total. The van der Waals surface area contributed by atoms with Gasteiger partial charge in [0.25, 0.3) is 0 Å². The summed E-state index contributed by atoms with van der Waals surface area (Å²) in [5.41, 5.74) is 0.760. The van der Waals surface area contributed by atoms with Crippen molar-refractivity contribution in [3.05, 3.63) is 35.6 Å². The lowest BCUT2D eigenvalue weighted by molar-refractivity contribution is -0.130. The van der Waals surface area contributed by atoms with Crippen LogP contribution >= 0.6 is 12.4 Å². The third-order valence-corrected chi connectivity index (χ3v) is 5.16. The summed E-state index contributed by atoms with van der Waals surface area (Å²) in [4.78, 5) is 17.0. The summed E-state index contributed by atoms with van der Waals surface area (Å²) >= 11 is 0. The summed E-state index contributed by atoms with van der Waals surface area (Å²) in [5.74, 6) is 0.634. The van der Waals surface area contributed by atoms with Crippen molar-refractivity contribution >= 4 is 18.3 Å². The number of benzene rings is 1. The summed E-state index contributed by atoms with van der Waals surface area (Å²) in [7, 11) is 0. The first kappa shape index (κ1) is 20.1. The average molecular weight is 370 g/mol. The minimum atomic E-state index is -0.274. The Morgan fingerprint density at radius 3 is 2.72 bits per heavy atom. The number of nitrogens with one attached hydrogen (secondary N) is 1. The van der Waals surface area contributed by atoms with E-state index in [-0.39, 0.29) is 24.1 Å². The quantitative estimate of drug-likeness (QED) is 0.884. The molecule has 0 aromatic heterocycles. The van der Waals surface area contributed by atoms with Crippen molar-refractivity contribution in [2.45, 2.75) is 25.7 Å². The molecule has 0 saturated carbocycles. The summed E-state index contributed by atoms with van der Waals surface area (Å²) in [5, 5.41) is 3.42. The summed E-state index contributed by atoms with van der Waals surface area (Å²) in [6, 6.07) is 6.36. The third kappa shape index (κ3) is 6.24. The molecule has 1 aromatic carbocycles. The minimum Gasteiger partial charge on any atom is -0.341 e. The normalized spacial score (nSPS) is 20.0. The molecule has 0 unspecified atom stereocenters. The molecular weight excluding hydrogens is 341 g/mol. The van der Waals surface area contributed by atoms with Gasteiger partial charge in [-0.1, -0.05) is 12.1 Å². The number of nitrogens with zero attached hydrogens (tertiary/aromatic N) is 2. The van der Waals surface area contributed by atoms with Gasteiger partial charge in [-0.25, -0.2) is 4.39 Å². The molecule has 0 spiro atoms. The van der Waals surface area contributed by atoms with Crippen LogP contribution in [0.5, 0.6) is 0 Å². The van der Waals surface area contributed by atoms with Crippen LogP contribution < -0.4 is 5.32 Å². The van der Waals surface area contributed by atoms with Gasteiger partial charge in [-0.2, -0.15) is 0 Å². The summed E-state index contributed by atoms with van der Waals surface area (Å²) in [6.07, 6.45) is 3.85. The first-order chi connectivity index (χ1) is 11.7. The molecule has 4 nitrogen and oxygen atoms in total. The van der Waals surface area contributed by atoms with Gasteiger partial charge in [0.2, 0.25) is 5.91 Å². The van der Waals surface area contributed by atoms with Gasteiger partial charge < -0.3 is 15.1 Å². The fourth-order valence-corrected chi connectivity index (χ4v) is 3.77. The monoisotopic (exact) mass is 369 g/mol. The lowest BCUT2D eigenvalue weighted by atomic mass is 9.97. The highest BCUT2D eigenvalue weighted by molar-refractivity contribution is 5.85. The topological polar surface area (TPSA) is 35.6 Å². The van der Waals surface area contributed by atoms with Crippen LogP contribution in [0.25, 0.3) is 0 Å². The Bertz CT molecular complexity index is 551. The number of hydrogen-bond acceptors (Lipinski definition) is 3. The zero-order valence-electron chi connectivity index (χ0n) is 14.8. The number of piperidine rings is 1. The molecule has 2 heterocycles. The van der Waals surface area contributed by atoms with Gasteiger partial charge in [-0.15, -0.1) is 12.4 Å². The Kier molecular flexibility index (Phi) is 8.13. The predicted octanol–water partition coefficient (Wildman–Crippen LogP) is 2.32. The van der Waals surface area contributed by atoms with Crippen molar-refractivity contribution in [2.75, 3.05) is 45.8 Å². The number of carbonyl (C=O) groups is 1. The van der Waals surface area contributed by atoms with E-state index in [0.29, 0.717) is 6.42 Å². The molecular formula is C19H29ClFN3O. The SMILES string of the molecule is Cl.O=C(Cc1cccc(F)c1)N1CCCN(CC2CCNCC2)CC1. The number of carbonyl (C=O) groups excluding carboxylic acids is 1. The number of halogens is 2. The van der Waals surface area contributed by atoms with Crippen LogP contribution in [-0.2, 0) is 11.2 Å². The molecule has 2 aliphatic heterocycles. The van der Waals surface area contributed by atoms with E-state index in [9.17, 15) is 9.18 Å². The molecule has 0 bridgehead atoms. The molecule has 1 aromatic rings. The van der Waals surface area contributed by atoms with E-state index in [1.54, 1.807) is 6.07 Å². The fourth-order valence-electron chi connectivity index (χ4n) is 3.77. The van der Waals surface area contributed by atoms with Crippen LogP contribution in [0.3, 0.4) is 0 Å². The Balaban J connectivity index is 0.00000225. The summed E-state index contributed by atoms with van der Waals surface area (Å²) < 4.78 is 13.3.